The average molecular weight is 371 g/mol. The van der Waals surface area contributed by atoms with Crippen molar-refractivity contribution in [3.8, 4) is 0 Å². The van der Waals surface area contributed by atoms with E-state index in [2.05, 4.69) is 29.1 Å². The van der Waals surface area contributed by atoms with Gasteiger partial charge in [0.15, 0.2) is 5.96 Å². The van der Waals surface area contributed by atoms with Crippen LogP contribution in [0, 0.1) is 5.92 Å². The smallest absolute Gasteiger partial charge is 0.407 e. The Balaban J connectivity index is 1.89. The number of hydrogen-bond acceptors (Lipinski definition) is 4. The first-order chi connectivity index (χ1) is 12.2. The van der Waals surface area contributed by atoms with Crippen LogP contribution in [0.25, 0.3) is 0 Å². The van der Waals surface area contributed by atoms with Crippen LogP contribution in [-0.4, -0.2) is 55.3 Å². The number of nitrogens with zero attached hydrogens (tertiary/aromatic N) is 1. The summed E-state index contributed by atoms with van der Waals surface area (Å²) in [6.45, 7) is 5.73. The molecule has 7 heteroatoms. The summed E-state index contributed by atoms with van der Waals surface area (Å²) in [4.78, 5) is 16.5. The third-order valence-corrected chi connectivity index (χ3v) is 5.96. The van der Waals surface area contributed by atoms with Gasteiger partial charge in [-0.05, 0) is 58.1 Å². The lowest BCUT2D eigenvalue weighted by Crippen LogP contribution is -2.47. The lowest BCUT2D eigenvalue weighted by atomic mass is 9.95. The number of guanidine groups is 1. The SMILES string of the molecule is CCNC(=NCC(NC(=O)OCC)C1CC1)NC1CCCC(SC)C1. The van der Waals surface area contributed by atoms with Crippen LogP contribution in [0.4, 0.5) is 4.79 Å². The molecule has 25 heavy (non-hydrogen) atoms. The first kappa shape index (κ1) is 20.2. The number of amides is 1. The van der Waals surface area contributed by atoms with Gasteiger partial charge in [0.05, 0.1) is 19.2 Å². The molecule has 2 aliphatic carbocycles. The highest BCUT2D eigenvalue weighted by atomic mass is 32.2. The fourth-order valence-electron chi connectivity index (χ4n) is 3.33. The van der Waals surface area contributed by atoms with Crippen LogP contribution in [0.5, 0.6) is 0 Å². The number of carbonyl (C=O) groups is 1. The Hall–Kier alpha value is -1.11. The molecule has 3 atom stereocenters. The van der Waals surface area contributed by atoms with E-state index in [1.807, 2.05) is 18.7 Å². The Morgan fingerprint density at radius 3 is 2.72 bits per heavy atom. The van der Waals surface area contributed by atoms with Crippen LogP contribution in [0.1, 0.15) is 52.4 Å². The van der Waals surface area contributed by atoms with Crippen molar-refractivity contribution in [1.82, 2.24) is 16.0 Å². The molecular formula is C18H34N4O2S. The Kier molecular flexibility index (Phi) is 8.72. The van der Waals surface area contributed by atoms with Gasteiger partial charge in [0, 0.05) is 17.8 Å². The van der Waals surface area contributed by atoms with Crippen LogP contribution in [0.3, 0.4) is 0 Å². The van der Waals surface area contributed by atoms with Crippen molar-refractivity contribution >= 4 is 23.8 Å². The van der Waals surface area contributed by atoms with E-state index in [1.54, 1.807) is 0 Å². The number of hydrogen-bond donors (Lipinski definition) is 3. The van der Waals surface area contributed by atoms with Crippen molar-refractivity contribution in [2.75, 3.05) is 26.0 Å². The van der Waals surface area contributed by atoms with Crippen molar-refractivity contribution in [2.45, 2.75) is 69.7 Å². The summed E-state index contributed by atoms with van der Waals surface area (Å²) >= 11 is 1.97. The molecule has 2 fully saturated rings. The molecule has 2 rings (SSSR count). The van der Waals surface area contributed by atoms with Gasteiger partial charge in [-0.15, -0.1) is 0 Å². The number of ether oxygens (including phenoxy) is 1. The van der Waals surface area contributed by atoms with Gasteiger partial charge in [-0.25, -0.2) is 4.79 Å². The fraction of sp³-hybridized carbons (Fsp3) is 0.889. The molecule has 0 bridgehead atoms. The molecule has 0 aliphatic heterocycles. The highest BCUT2D eigenvalue weighted by Crippen LogP contribution is 2.33. The molecular weight excluding hydrogens is 336 g/mol. The average Bonchev–Trinajstić information content (AvgIpc) is 3.44. The largest absolute Gasteiger partial charge is 0.450 e. The number of alkyl carbamates (subject to hydrolysis) is 1. The summed E-state index contributed by atoms with van der Waals surface area (Å²) in [6, 6.07) is 0.557. The molecule has 0 radical (unpaired) electrons. The second-order valence-corrected chi connectivity index (χ2v) is 8.03. The molecule has 0 saturated heterocycles. The lowest BCUT2D eigenvalue weighted by molar-refractivity contribution is 0.147. The van der Waals surface area contributed by atoms with E-state index in [9.17, 15) is 4.79 Å². The van der Waals surface area contributed by atoms with E-state index in [4.69, 9.17) is 9.73 Å². The Morgan fingerprint density at radius 1 is 1.28 bits per heavy atom. The van der Waals surface area contributed by atoms with Gasteiger partial charge in [0.1, 0.15) is 0 Å². The summed E-state index contributed by atoms with van der Waals surface area (Å²) < 4.78 is 5.02. The summed E-state index contributed by atoms with van der Waals surface area (Å²) in [7, 11) is 0. The first-order valence-electron chi connectivity index (χ1n) is 9.67. The van der Waals surface area contributed by atoms with Gasteiger partial charge in [-0.1, -0.05) is 6.42 Å². The van der Waals surface area contributed by atoms with Gasteiger partial charge >= 0.3 is 6.09 Å². The maximum Gasteiger partial charge on any atom is 0.407 e. The molecule has 0 heterocycles. The highest BCUT2D eigenvalue weighted by Gasteiger charge is 2.32. The fourth-order valence-corrected chi connectivity index (χ4v) is 4.16. The minimum Gasteiger partial charge on any atom is -0.450 e. The van der Waals surface area contributed by atoms with E-state index in [-0.39, 0.29) is 12.1 Å². The zero-order valence-corrected chi connectivity index (χ0v) is 16.7. The molecule has 1 amide bonds. The van der Waals surface area contributed by atoms with Crippen LogP contribution in [0.2, 0.25) is 0 Å². The number of carbonyl (C=O) groups excluding carboxylic acids is 1. The standard InChI is InChI=1S/C18H34N4O2S/c1-4-19-17(21-14-7-6-8-15(11-14)25-3)20-12-16(13-9-10-13)22-18(23)24-5-2/h13-16H,4-12H2,1-3H3,(H,22,23)(H2,19,20,21). The molecule has 0 aromatic heterocycles. The molecule has 3 unspecified atom stereocenters. The van der Waals surface area contributed by atoms with Crippen molar-refractivity contribution in [2.24, 2.45) is 10.9 Å². The second kappa shape index (κ2) is 10.8. The molecule has 2 aliphatic rings. The Labute approximate surface area is 156 Å². The third-order valence-electron chi connectivity index (χ3n) is 4.86. The Bertz CT molecular complexity index is 443. The first-order valence-corrected chi connectivity index (χ1v) is 11.0. The van der Waals surface area contributed by atoms with Crippen LogP contribution >= 0.6 is 11.8 Å². The molecule has 0 aromatic rings. The minimum atomic E-state index is -0.331. The lowest BCUT2D eigenvalue weighted by Gasteiger charge is -2.30. The van der Waals surface area contributed by atoms with E-state index >= 15 is 0 Å². The quantitative estimate of drug-likeness (QED) is 0.452. The number of nitrogens with one attached hydrogen (secondary N) is 3. The maximum absolute atomic E-state index is 11.7. The van der Waals surface area contributed by atoms with Crippen LogP contribution in [-0.2, 0) is 4.74 Å². The summed E-state index contributed by atoms with van der Waals surface area (Å²) in [5, 5.41) is 10.7. The molecule has 6 nitrogen and oxygen atoms in total. The predicted molar refractivity (Wildman–Crippen MR) is 105 cm³/mol. The predicted octanol–water partition coefficient (Wildman–Crippen LogP) is 2.74. The topological polar surface area (TPSA) is 74.8 Å². The van der Waals surface area contributed by atoms with Crippen molar-refractivity contribution in [1.29, 1.82) is 0 Å². The molecule has 3 N–H and O–H groups in total. The van der Waals surface area contributed by atoms with Crippen molar-refractivity contribution < 1.29 is 9.53 Å². The summed E-state index contributed by atoms with van der Waals surface area (Å²) in [5.41, 5.74) is 0. The summed E-state index contributed by atoms with van der Waals surface area (Å²) in [5.74, 6) is 1.40. The van der Waals surface area contributed by atoms with Crippen molar-refractivity contribution in [3.05, 3.63) is 0 Å². The molecule has 0 aromatic carbocycles. The third kappa shape index (κ3) is 7.34. The van der Waals surface area contributed by atoms with E-state index in [0.29, 0.717) is 25.1 Å². The van der Waals surface area contributed by atoms with Crippen molar-refractivity contribution in [3.63, 3.8) is 0 Å². The number of aliphatic imine (C=N–C) groups is 1. The van der Waals surface area contributed by atoms with E-state index in [1.165, 1.54) is 25.7 Å². The van der Waals surface area contributed by atoms with E-state index < -0.39 is 0 Å². The second-order valence-electron chi connectivity index (χ2n) is 6.89. The number of thioether (sulfide) groups is 1. The molecule has 0 spiro atoms. The molecule has 2 saturated carbocycles. The van der Waals surface area contributed by atoms with Gasteiger partial charge in [-0.2, -0.15) is 11.8 Å². The van der Waals surface area contributed by atoms with Crippen LogP contribution < -0.4 is 16.0 Å². The summed E-state index contributed by atoms with van der Waals surface area (Å²) in [6.07, 6.45) is 9.19. The number of rotatable bonds is 8. The van der Waals surface area contributed by atoms with Gasteiger partial charge < -0.3 is 20.7 Å². The minimum absolute atomic E-state index is 0.0693. The van der Waals surface area contributed by atoms with E-state index in [0.717, 1.165) is 30.6 Å². The zero-order chi connectivity index (χ0) is 18.1. The molecule has 144 valence electrons. The van der Waals surface area contributed by atoms with Crippen LogP contribution in [0.15, 0.2) is 4.99 Å². The van der Waals surface area contributed by atoms with Gasteiger partial charge in [0.25, 0.3) is 0 Å². The normalized spacial score (nSPS) is 25.2. The van der Waals surface area contributed by atoms with Gasteiger partial charge in [0.2, 0.25) is 0 Å². The van der Waals surface area contributed by atoms with Gasteiger partial charge in [-0.3, -0.25) is 4.99 Å². The maximum atomic E-state index is 11.7. The highest BCUT2D eigenvalue weighted by molar-refractivity contribution is 7.99. The zero-order valence-electron chi connectivity index (χ0n) is 15.8. The monoisotopic (exact) mass is 370 g/mol. The Morgan fingerprint density at radius 2 is 2.08 bits per heavy atom.